The largest absolute Gasteiger partial charge is 0.399 e. The van der Waals surface area contributed by atoms with Gasteiger partial charge in [-0.3, -0.25) is 0 Å². The summed E-state index contributed by atoms with van der Waals surface area (Å²) < 4.78 is 13.8. The Balaban J connectivity index is 2.08. The fourth-order valence-electron chi connectivity index (χ4n) is 1.90. The molecule has 0 bridgehead atoms. The van der Waals surface area contributed by atoms with Gasteiger partial charge in [0.1, 0.15) is 11.5 Å². The van der Waals surface area contributed by atoms with Crippen LogP contribution in [0.1, 0.15) is 0 Å². The normalized spacial score (nSPS) is 10.8. The van der Waals surface area contributed by atoms with Gasteiger partial charge in [-0.05, 0) is 24.3 Å². The number of pyridine rings is 1. The Kier molecular flexibility index (Phi) is 2.76. The van der Waals surface area contributed by atoms with Crippen molar-refractivity contribution in [3.8, 4) is 0 Å². The van der Waals surface area contributed by atoms with Gasteiger partial charge < -0.3 is 16.0 Å². The van der Waals surface area contributed by atoms with Crippen LogP contribution in [0.15, 0.2) is 36.7 Å². The highest BCUT2D eigenvalue weighted by Gasteiger charge is 2.10. The molecule has 0 atom stereocenters. The molecule has 1 aromatic carbocycles. The van der Waals surface area contributed by atoms with Crippen molar-refractivity contribution < 1.29 is 4.39 Å². The van der Waals surface area contributed by atoms with E-state index < -0.39 is 5.82 Å². The lowest BCUT2D eigenvalue weighted by molar-refractivity contribution is 0.632. The van der Waals surface area contributed by atoms with E-state index in [9.17, 15) is 4.39 Å². The number of nitrogens with one attached hydrogen (secondary N) is 2. The number of fused-ring (bicyclic) bond motifs is 1. The summed E-state index contributed by atoms with van der Waals surface area (Å²) in [5.41, 5.74) is 7.55. The van der Waals surface area contributed by atoms with Crippen molar-refractivity contribution >= 4 is 39.7 Å². The fraction of sp³-hybridized carbons (Fsp3) is 0. The minimum absolute atomic E-state index is 0.332. The summed E-state index contributed by atoms with van der Waals surface area (Å²) in [4.78, 5) is 7.09. The van der Waals surface area contributed by atoms with Gasteiger partial charge in [0.05, 0.1) is 21.8 Å². The third kappa shape index (κ3) is 2.08. The number of nitrogens with two attached hydrogens (primary N) is 1. The van der Waals surface area contributed by atoms with Crippen LogP contribution in [-0.4, -0.2) is 9.97 Å². The summed E-state index contributed by atoms with van der Waals surface area (Å²) in [6.45, 7) is 0. The molecule has 2 aromatic heterocycles. The minimum Gasteiger partial charge on any atom is -0.399 e. The van der Waals surface area contributed by atoms with Crippen LogP contribution in [0.3, 0.4) is 0 Å². The molecule has 6 heteroatoms. The van der Waals surface area contributed by atoms with Crippen LogP contribution in [0, 0.1) is 5.82 Å². The third-order valence-corrected chi connectivity index (χ3v) is 3.09. The lowest BCUT2D eigenvalue weighted by Crippen LogP contribution is -1.96. The van der Waals surface area contributed by atoms with Crippen LogP contribution < -0.4 is 11.1 Å². The van der Waals surface area contributed by atoms with Crippen molar-refractivity contribution in [2.24, 2.45) is 0 Å². The number of benzene rings is 1. The summed E-state index contributed by atoms with van der Waals surface area (Å²) in [7, 11) is 0. The van der Waals surface area contributed by atoms with Crippen molar-refractivity contribution in [1.82, 2.24) is 9.97 Å². The first-order chi connectivity index (χ1) is 9.15. The molecular weight excluding hydrogens is 267 g/mol. The molecule has 4 N–H and O–H groups in total. The summed E-state index contributed by atoms with van der Waals surface area (Å²) in [6.07, 6.45) is 3.26. The van der Waals surface area contributed by atoms with Gasteiger partial charge in [-0.25, -0.2) is 9.37 Å². The molecule has 0 radical (unpaired) electrons. The predicted octanol–water partition coefficient (Wildman–Crippen LogP) is 3.68. The van der Waals surface area contributed by atoms with Gasteiger partial charge >= 0.3 is 0 Å². The first-order valence-corrected chi connectivity index (χ1v) is 5.96. The molecule has 96 valence electrons. The van der Waals surface area contributed by atoms with E-state index >= 15 is 0 Å². The van der Waals surface area contributed by atoms with Gasteiger partial charge in [0.25, 0.3) is 0 Å². The van der Waals surface area contributed by atoms with E-state index in [0.29, 0.717) is 27.7 Å². The van der Waals surface area contributed by atoms with Gasteiger partial charge in [0, 0.05) is 18.1 Å². The van der Waals surface area contributed by atoms with E-state index in [-0.39, 0.29) is 0 Å². The number of aromatic nitrogens is 2. The Morgan fingerprint density at radius 2 is 2.11 bits per heavy atom. The van der Waals surface area contributed by atoms with Gasteiger partial charge in [0.15, 0.2) is 0 Å². The molecule has 3 aromatic rings. The van der Waals surface area contributed by atoms with Crippen LogP contribution in [0.25, 0.3) is 11.0 Å². The highest BCUT2D eigenvalue weighted by molar-refractivity contribution is 6.36. The highest BCUT2D eigenvalue weighted by atomic mass is 35.5. The van der Waals surface area contributed by atoms with Crippen LogP contribution in [0.5, 0.6) is 0 Å². The molecule has 0 aliphatic carbocycles. The predicted molar refractivity (Wildman–Crippen MR) is 75.2 cm³/mol. The van der Waals surface area contributed by atoms with E-state index in [1.54, 1.807) is 30.6 Å². The molecule has 0 unspecified atom stereocenters. The van der Waals surface area contributed by atoms with E-state index in [2.05, 4.69) is 15.3 Å². The van der Waals surface area contributed by atoms with Gasteiger partial charge in [-0.1, -0.05) is 11.6 Å². The zero-order chi connectivity index (χ0) is 13.4. The zero-order valence-corrected chi connectivity index (χ0v) is 10.5. The van der Waals surface area contributed by atoms with E-state index in [1.165, 1.54) is 6.07 Å². The Morgan fingerprint density at radius 1 is 1.26 bits per heavy atom. The number of hydrogen-bond donors (Lipinski definition) is 3. The van der Waals surface area contributed by atoms with Crippen LogP contribution in [0.4, 0.5) is 21.5 Å². The standard InChI is InChI=1S/C13H10ClFN4/c14-8-6-18-13-12(8)11(3-4-17-13)19-10-2-1-7(16)5-9(10)15/h1-6H,16H2,(H2,17,18,19). The van der Waals surface area contributed by atoms with Crippen LogP contribution in [-0.2, 0) is 0 Å². The molecule has 4 nitrogen and oxygen atoms in total. The summed E-state index contributed by atoms with van der Waals surface area (Å²) in [6, 6.07) is 6.21. The van der Waals surface area contributed by atoms with Gasteiger partial charge in [-0.15, -0.1) is 0 Å². The number of H-pyrrole nitrogens is 1. The Morgan fingerprint density at radius 3 is 2.89 bits per heavy atom. The molecule has 0 amide bonds. The summed E-state index contributed by atoms with van der Waals surface area (Å²) in [5, 5.41) is 4.25. The first-order valence-electron chi connectivity index (χ1n) is 5.59. The third-order valence-electron chi connectivity index (χ3n) is 2.79. The smallest absolute Gasteiger partial charge is 0.148 e. The average molecular weight is 277 g/mol. The second-order valence-corrected chi connectivity index (χ2v) is 4.49. The number of hydrogen-bond acceptors (Lipinski definition) is 3. The monoisotopic (exact) mass is 276 g/mol. The van der Waals surface area contributed by atoms with Crippen molar-refractivity contribution in [3.63, 3.8) is 0 Å². The Labute approximate surface area is 113 Å². The van der Waals surface area contributed by atoms with Crippen molar-refractivity contribution in [3.05, 3.63) is 47.5 Å². The molecule has 0 fully saturated rings. The minimum atomic E-state index is -0.420. The Bertz CT molecular complexity index is 753. The van der Waals surface area contributed by atoms with Crippen LogP contribution >= 0.6 is 11.6 Å². The molecule has 3 rings (SSSR count). The number of aromatic amines is 1. The topological polar surface area (TPSA) is 66.7 Å². The molecule has 0 saturated carbocycles. The maximum atomic E-state index is 13.8. The lowest BCUT2D eigenvalue weighted by atomic mass is 10.2. The average Bonchev–Trinajstić information content (AvgIpc) is 2.76. The second kappa shape index (κ2) is 4.44. The Hall–Kier alpha value is -2.27. The molecule has 2 heterocycles. The van der Waals surface area contributed by atoms with E-state index in [0.717, 1.165) is 5.39 Å². The lowest BCUT2D eigenvalue weighted by Gasteiger charge is -2.09. The molecule has 0 aliphatic heterocycles. The SMILES string of the molecule is Nc1ccc(Nc2ccnc3[nH]cc(Cl)c23)c(F)c1. The molecule has 0 spiro atoms. The van der Waals surface area contributed by atoms with E-state index in [4.69, 9.17) is 17.3 Å². The zero-order valence-electron chi connectivity index (χ0n) is 9.74. The number of nitrogen functional groups attached to an aromatic ring is 1. The first kappa shape index (κ1) is 11.8. The van der Waals surface area contributed by atoms with Gasteiger partial charge in [-0.2, -0.15) is 0 Å². The quantitative estimate of drug-likeness (QED) is 0.626. The summed E-state index contributed by atoms with van der Waals surface area (Å²) >= 11 is 6.08. The van der Waals surface area contributed by atoms with Crippen molar-refractivity contribution in [1.29, 1.82) is 0 Å². The van der Waals surface area contributed by atoms with Crippen molar-refractivity contribution in [2.45, 2.75) is 0 Å². The molecule has 0 aliphatic rings. The maximum absolute atomic E-state index is 13.8. The fourth-order valence-corrected chi connectivity index (χ4v) is 2.14. The number of rotatable bonds is 2. The second-order valence-electron chi connectivity index (χ2n) is 4.08. The molecule has 0 saturated heterocycles. The maximum Gasteiger partial charge on any atom is 0.148 e. The van der Waals surface area contributed by atoms with E-state index in [1.807, 2.05) is 0 Å². The van der Waals surface area contributed by atoms with Crippen molar-refractivity contribution in [2.75, 3.05) is 11.1 Å². The highest BCUT2D eigenvalue weighted by Crippen LogP contribution is 2.31. The number of nitrogens with zero attached hydrogens (tertiary/aromatic N) is 1. The van der Waals surface area contributed by atoms with Crippen LogP contribution in [0.2, 0.25) is 5.02 Å². The number of halogens is 2. The number of anilines is 3. The molecule has 19 heavy (non-hydrogen) atoms. The molecular formula is C13H10ClFN4. The summed E-state index contributed by atoms with van der Waals surface area (Å²) in [5.74, 6) is -0.420. The van der Waals surface area contributed by atoms with Gasteiger partial charge in [0.2, 0.25) is 0 Å².